The quantitative estimate of drug-likeness (QED) is 0.752. The predicted octanol–water partition coefficient (Wildman–Crippen LogP) is 2.16. The molecule has 0 unspecified atom stereocenters. The fourth-order valence-corrected chi connectivity index (χ4v) is 0.962. The van der Waals surface area contributed by atoms with Gasteiger partial charge in [0, 0.05) is 11.3 Å². The van der Waals surface area contributed by atoms with Gasteiger partial charge in [0.05, 0.1) is 0 Å². The monoisotopic (exact) mass is 205 g/mol. The third-order valence-corrected chi connectivity index (χ3v) is 1.67. The molecule has 0 aliphatic carbocycles. The first-order valence-electron chi connectivity index (χ1n) is 3.62. The van der Waals surface area contributed by atoms with Gasteiger partial charge in [0.1, 0.15) is 5.56 Å². The van der Waals surface area contributed by atoms with E-state index in [1.54, 1.807) is 0 Å². The first-order chi connectivity index (χ1) is 6.43. The van der Waals surface area contributed by atoms with Crippen LogP contribution in [-0.2, 0) is 0 Å². The van der Waals surface area contributed by atoms with Gasteiger partial charge in [0.15, 0.2) is 0 Å². The van der Waals surface area contributed by atoms with E-state index in [0.29, 0.717) is 6.07 Å². The molecule has 3 nitrogen and oxygen atoms in total. The van der Waals surface area contributed by atoms with Crippen LogP contribution in [0.3, 0.4) is 0 Å². The zero-order valence-electron chi connectivity index (χ0n) is 7.09. The molecule has 76 valence electrons. The van der Waals surface area contributed by atoms with Gasteiger partial charge in [-0.15, -0.1) is 0 Å². The Bertz CT molecular complexity index is 379. The van der Waals surface area contributed by atoms with E-state index >= 15 is 0 Å². The van der Waals surface area contributed by atoms with Gasteiger partial charge in [-0.2, -0.15) is 4.39 Å². The van der Waals surface area contributed by atoms with Crippen LogP contribution in [-0.4, -0.2) is 16.1 Å². The maximum absolute atomic E-state index is 12.8. The van der Waals surface area contributed by atoms with Crippen LogP contribution in [0.5, 0.6) is 0 Å². The van der Waals surface area contributed by atoms with Crippen molar-refractivity contribution in [1.82, 2.24) is 4.98 Å². The molecule has 1 aromatic heterocycles. The van der Waals surface area contributed by atoms with Crippen LogP contribution in [0.2, 0.25) is 0 Å². The Kier molecular flexibility index (Phi) is 2.73. The van der Waals surface area contributed by atoms with Crippen LogP contribution in [0.15, 0.2) is 6.07 Å². The maximum atomic E-state index is 12.8. The molecule has 0 saturated heterocycles. The molecule has 0 saturated carbocycles. The van der Waals surface area contributed by atoms with Crippen LogP contribution in [0.4, 0.5) is 13.2 Å². The van der Waals surface area contributed by atoms with Crippen molar-refractivity contribution >= 4 is 5.97 Å². The highest BCUT2D eigenvalue weighted by Gasteiger charge is 2.19. The van der Waals surface area contributed by atoms with Crippen LogP contribution in [0.1, 0.15) is 28.0 Å². The summed E-state index contributed by atoms with van der Waals surface area (Å²) < 4.78 is 37.3. The fourth-order valence-electron chi connectivity index (χ4n) is 0.962. The Morgan fingerprint density at radius 2 is 2.14 bits per heavy atom. The number of hydrogen-bond donors (Lipinski definition) is 1. The predicted molar refractivity (Wildman–Crippen MR) is 40.8 cm³/mol. The smallest absolute Gasteiger partial charge is 0.340 e. The second-order valence-corrected chi connectivity index (χ2v) is 2.61. The highest BCUT2D eigenvalue weighted by molar-refractivity contribution is 5.87. The minimum Gasteiger partial charge on any atom is -0.478 e. The largest absolute Gasteiger partial charge is 0.478 e. The van der Waals surface area contributed by atoms with E-state index in [1.165, 1.54) is 6.92 Å². The molecule has 0 radical (unpaired) electrons. The summed E-state index contributed by atoms with van der Waals surface area (Å²) in [6.07, 6.45) is -2.86. The lowest BCUT2D eigenvalue weighted by molar-refractivity contribution is 0.0690. The van der Waals surface area contributed by atoms with E-state index in [1.807, 2.05) is 0 Å². The summed E-state index contributed by atoms with van der Waals surface area (Å²) in [6.45, 7) is 1.19. The molecule has 14 heavy (non-hydrogen) atoms. The summed E-state index contributed by atoms with van der Waals surface area (Å²) in [4.78, 5) is 13.5. The van der Waals surface area contributed by atoms with E-state index < -0.39 is 29.5 Å². The molecule has 0 amide bonds. The lowest BCUT2D eigenvalue weighted by atomic mass is 10.1. The number of aryl methyl sites for hydroxylation is 1. The number of carboxylic acid groups (broad SMARTS) is 1. The standard InChI is InChI=1S/C8H6F3NO2/c1-3-4(6(9)10)2-5(8(13)14)7(11)12-3/h2,6H,1H3,(H,13,14). The number of pyridine rings is 1. The number of alkyl halides is 2. The summed E-state index contributed by atoms with van der Waals surface area (Å²) in [7, 11) is 0. The van der Waals surface area contributed by atoms with Gasteiger partial charge in [-0.25, -0.2) is 18.6 Å². The van der Waals surface area contributed by atoms with Gasteiger partial charge in [0.2, 0.25) is 5.95 Å². The average Bonchev–Trinajstić information content (AvgIpc) is 2.02. The van der Waals surface area contributed by atoms with Crippen LogP contribution in [0.25, 0.3) is 0 Å². The number of hydrogen-bond acceptors (Lipinski definition) is 2. The molecule has 1 heterocycles. The van der Waals surface area contributed by atoms with Crippen molar-refractivity contribution in [3.63, 3.8) is 0 Å². The highest BCUT2D eigenvalue weighted by Crippen LogP contribution is 2.23. The Balaban J connectivity index is 3.34. The number of carboxylic acids is 1. The zero-order chi connectivity index (χ0) is 10.9. The SMILES string of the molecule is Cc1nc(F)c(C(=O)O)cc1C(F)F. The van der Waals surface area contributed by atoms with Crippen molar-refractivity contribution in [1.29, 1.82) is 0 Å². The third-order valence-electron chi connectivity index (χ3n) is 1.67. The van der Waals surface area contributed by atoms with Crippen molar-refractivity contribution in [2.45, 2.75) is 13.3 Å². The van der Waals surface area contributed by atoms with Crippen LogP contribution >= 0.6 is 0 Å². The summed E-state index contributed by atoms with van der Waals surface area (Å²) in [6, 6.07) is 0.602. The van der Waals surface area contributed by atoms with E-state index in [-0.39, 0.29) is 5.69 Å². The molecular weight excluding hydrogens is 199 g/mol. The van der Waals surface area contributed by atoms with Crippen molar-refractivity contribution in [3.8, 4) is 0 Å². The number of aromatic nitrogens is 1. The highest BCUT2D eigenvalue weighted by atomic mass is 19.3. The van der Waals surface area contributed by atoms with Crippen molar-refractivity contribution in [2.75, 3.05) is 0 Å². The Hall–Kier alpha value is -1.59. The first-order valence-corrected chi connectivity index (χ1v) is 3.62. The molecule has 1 rings (SSSR count). The second-order valence-electron chi connectivity index (χ2n) is 2.61. The van der Waals surface area contributed by atoms with Crippen molar-refractivity contribution < 1.29 is 23.1 Å². The average molecular weight is 205 g/mol. The zero-order valence-corrected chi connectivity index (χ0v) is 7.09. The molecule has 0 aromatic carbocycles. The fraction of sp³-hybridized carbons (Fsp3) is 0.250. The van der Waals surface area contributed by atoms with Crippen LogP contribution < -0.4 is 0 Å². The summed E-state index contributed by atoms with van der Waals surface area (Å²) in [5, 5.41) is 8.44. The minimum absolute atomic E-state index is 0.206. The molecule has 0 aliphatic rings. The van der Waals surface area contributed by atoms with Gasteiger partial charge >= 0.3 is 5.97 Å². The Morgan fingerprint density at radius 1 is 1.57 bits per heavy atom. The van der Waals surface area contributed by atoms with E-state index in [2.05, 4.69) is 4.98 Å². The Morgan fingerprint density at radius 3 is 2.57 bits per heavy atom. The number of carbonyl (C=O) groups is 1. The van der Waals surface area contributed by atoms with Gasteiger partial charge in [0.25, 0.3) is 6.43 Å². The maximum Gasteiger partial charge on any atom is 0.340 e. The number of nitrogens with zero attached hydrogens (tertiary/aromatic N) is 1. The molecule has 6 heteroatoms. The molecule has 0 spiro atoms. The summed E-state index contributed by atoms with van der Waals surface area (Å²) in [5.41, 5.74) is -1.61. The molecule has 0 atom stereocenters. The molecule has 0 bridgehead atoms. The molecule has 1 N–H and O–H groups in total. The van der Waals surface area contributed by atoms with Gasteiger partial charge < -0.3 is 5.11 Å². The number of aromatic carboxylic acids is 1. The molecular formula is C8H6F3NO2. The Labute approximate surface area is 77.2 Å². The summed E-state index contributed by atoms with van der Waals surface area (Å²) >= 11 is 0. The summed E-state index contributed by atoms with van der Waals surface area (Å²) in [5.74, 6) is -2.86. The lowest BCUT2D eigenvalue weighted by Crippen LogP contribution is -2.06. The van der Waals surface area contributed by atoms with Crippen molar-refractivity contribution in [2.24, 2.45) is 0 Å². The van der Waals surface area contributed by atoms with E-state index in [9.17, 15) is 18.0 Å². The number of halogens is 3. The minimum atomic E-state index is -2.86. The molecule has 0 aliphatic heterocycles. The van der Waals surface area contributed by atoms with E-state index in [4.69, 9.17) is 5.11 Å². The van der Waals surface area contributed by atoms with Crippen LogP contribution in [0, 0.1) is 12.9 Å². The second kappa shape index (κ2) is 3.65. The number of rotatable bonds is 2. The van der Waals surface area contributed by atoms with Crippen molar-refractivity contribution in [3.05, 3.63) is 28.8 Å². The van der Waals surface area contributed by atoms with Gasteiger partial charge in [-0.05, 0) is 13.0 Å². The first kappa shape index (κ1) is 10.5. The molecule has 1 aromatic rings. The topological polar surface area (TPSA) is 50.2 Å². The normalized spacial score (nSPS) is 10.6. The molecule has 0 fully saturated rings. The third kappa shape index (κ3) is 1.84. The van der Waals surface area contributed by atoms with E-state index in [0.717, 1.165) is 0 Å². The van der Waals surface area contributed by atoms with Gasteiger partial charge in [-0.3, -0.25) is 0 Å². The van der Waals surface area contributed by atoms with Gasteiger partial charge in [-0.1, -0.05) is 0 Å². The lowest BCUT2D eigenvalue weighted by Gasteiger charge is -2.05.